The molecule has 1 aliphatic heterocycles. The van der Waals surface area contributed by atoms with Crippen LogP contribution in [0.5, 0.6) is 0 Å². The first kappa shape index (κ1) is 18.6. The summed E-state index contributed by atoms with van der Waals surface area (Å²) in [7, 11) is 0. The van der Waals surface area contributed by atoms with Gasteiger partial charge in [0.25, 0.3) is 0 Å². The highest BCUT2D eigenvalue weighted by Crippen LogP contribution is 2.30. The van der Waals surface area contributed by atoms with Gasteiger partial charge in [-0.3, -0.25) is 9.59 Å². The minimum atomic E-state index is 0.0635. The number of anilines is 1. The molecule has 7 nitrogen and oxygen atoms in total. The van der Waals surface area contributed by atoms with Crippen LogP contribution in [-0.2, 0) is 9.59 Å². The Morgan fingerprint density at radius 3 is 2.15 bits per heavy atom. The molecule has 0 unspecified atom stereocenters. The third-order valence-electron chi connectivity index (χ3n) is 5.30. The molecule has 1 saturated carbocycles. The predicted molar refractivity (Wildman–Crippen MR) is 99.6 cm³/mol. The maximum absolute atomic E-state index is 12.8. The van der Waals surface area contributed by atoms with Gasteiger partial charge in [0.05, 0.1) is 0 Å². The van der Waals surface area contributed by atoms with Gasteiger partial charge in [-0.15, -0.1) is 0 Å². The number of nitrogens with zero attached hydrogens (tertiary/aromatic N) is 4. The number of amides is 2. The zero-order chi connectivity index (χ0) is 18.5. The second-order valence-electron chi connectivity index (χ2n) is 7.57. The average molecular weight is 359 g/mol. The highest BCUT2D eigenvalue weighted by atomic mass is 16.2. The fourth-order valence-electron chi connectivity index (χ4n) is 3.84. The Bertz CT molecular complexity index is 606. The topological polar surface area (TPSA) is 78.4 Å². The smallest absolute Gasteiger partial charge is 0.225 e. The molecule has 142 valence electrons. The second-order valence-corrected chi connectivity index (χ2v) is 7.57. The summed E-state index contributed by atoms with van der Waals surface area (Å²) in [6.45, 7) is 6.92. The average Bonchev–Trinajstić information content (AvgIpc) is 2.68. The van der Waals surface area contributed by atoms with E-state index in [9.17, 15) is 9.59 Å². The summed E-state index contributed by atoms with van der Waals surface area (Å²) in [6, 6.07) is 1.98. The largest absolute Gasteiger partial charge is 0.354 e. The summed E-state index contributed by atoms with van der Waals surface area (Å²) in [4.78, 5) is 37.6. The fourth-order valence-corrected chi connectivity index (χ4v) is 3.84. The van der Waals surface area contributed by atoms with E-state index in [4.69, 9.17) is 0 Å². The number of carbonyl (C=O) groups excluding carboxylic acids is 2. The van der Waals surface area contributed by atoms with E-state index < -0.39 is 0 Å². The molecule has 2 heterocycles. The Hall–Kier alpha value is -2.18. The Morgan fingerprint density at radius 2 is 1.58 bits per heavy atom. The predicted octanol–water partition coefficient (Wildman–Crippen LogP) is 1.46. The molecule has 2 amide bonds. The number of nitrogens with one attached hydrogen (secondary N) is 1. The van der Waals surface area contributed by atoms with Gasteiger partial charge in [0.15, 0.2) is 0 Å². The minimum absolute atomic E-state index is 0.0635. The van der Waals surface area contributed by atoms with Crippen LogP contribution in [0, 0.1) is 11.8 Å². The summed E-state index contributed by atoms with van der Waals surface area (Å²) >= 11 is 0. The zero-order valence-electron chi connectivity index (χ0n) is 15.7. The van der Waals surface area contributed by atoms with Gasteiger partial charge in [-0.25, -0.2) is 9.97 Å². The molecular formula is C19H29N5O2. The molecule has 0 spiro atoms. The molecule has 0 radical (unpaired) electrons. The molecule has 7 heteroatoms. The van der Waals surface area contributed by atoms with Crippen molar-refractivity contribution in [3.8, 4) is 0 Å². The van der Waals surface area contributed by atoms with Crippen LogP contribution < -0.4 is 10.2 Å². The Labute approximate surface area is 155 Å². The summed E-state index contributed by atoms with van der Waals surface area (Å²) in [5, 5.41) is 2.99. The molecule has 2 fully saturated rings. The molecule has 3 rings (SSSR count). The van der Waals surface area contributed by atoms with Crippen molar-refractivity contribution in [1.29, 1.82) is 0 Å². The van der Waals surface area contributed by atoms with Gasteiger partial charge < -0.3 is 15.1 Å². The van der Waals surface area contributed by atoms with Crippen molar-refractivity contribution in [3.05, 3.63) is 18.5 Å². The number of hydrogen-bond donors (Lipinski definition) is 1. The van der Waals surface area contributed by atoms with Crippen LogP contribution in [0.1, 0.15) is 39.5 Å². The van der Waals surface area contributed by atoms with E-state index in [1.165, 1.54) is 0 Å². The van der Waals surface area contributed by atoms with Gasteiger partial charge in [-0.05, 0) is 45.6 Å². The van der Waals surface area contributed by atoms with Crippen LogP contribution in [0.4, 0.5) is 5.95 Å². The first-order valence-electron chi connectivity index (χ1n) is 9.65. The number of carbonyl (C=O) groups is 2. The van der Waals surface area contributed by atoms with Gasteiger partial charge in [0.2, 0.25) is 17.8 Å². The number of aromatic nitrogens is 2. The Morgan fingerprint density at radius 1 is 1.00 bits per heavy atom. The highest BCUT2D eigenvalue weighted by molar-refractivity contribution is 5.81. The van der Waals surface area contributed by atoms with Crippen LogP contribution in [0.25, 0.3) is 0 Å². The van der Waals surface area contributed by atoms with Crippen LogP contribution >= 0.6 is 0 Å². The maximum atomic E-state index is 12.8. The van der Waals surface area contributed by atoms with Gasteiger partial charge in [-0.2, -0.15) is 0 Å². The van der Waals surface area contributed by atoms with E-state index in [-0.39, 0.29) is 29.7 Å². The lowest BCUT2D eigenvalue weighted by Gasteiger charge is -2.37. The normalized spacial score (nSPS) is 23.8. The summed E-state index contributed by atoms with van der Waals surface area (Å²) in [5.41, 5.74) is 0. The van der Waals surface area contributed by atoms with E-state index >= 15 is 0 Å². The lowest BCUT2D eigenvalue weighted by molar-refractivity contribution is -0.138. The lowest BCUT2D eigenvalue weighted by Crippen LogP contribution is -2.51. The third kappa shape index (κ3) is 4.51. The van der Waals surface area contributed by atoms with E-state index in [1.807, 2.05) is 18.7 Å². The van der Waals surface area contributed by atoms with Crippen LogP contribution in [-0.4, -0.2) is 58.9 Å². The van der Waals surface area contributed by atoms with Crippen molar-refractivity contribution in [3.63, 3.8) is 0 Å². The van der Waals surface area contributed by atoms with Crippen molar-refractivity contribution in [1.82, 2.24) is 20.2 Å². The zero-order valence-corrected chi connectivity index (χ0v) is 15.7. The van der Waals surface area contributed by atoms with Crippen molar-refractivity contribution in [2.24, 2.45) is 11.8 Å². The Balaban J connectivity index is 1.45. The minimum Gasteiger partial charge on any atom is -0.354 e. The van der Waals surface area contributed by atoms with Crippen molar-refractivity contribution in [2.45, 2.75) is 45.6 Å². The maximum Gasteiger partial charge on any atom is 0.225 e. The lowest BCUT2D eigenvalue weighted by atomic mass is 9.80. The molecule has 0 atom stereocenters. The third-order valence-corrected chi connectivity index (χ3v) is 5.30. The van der Waals surface area contributed by atoms with Gasteiger partial charge in [-0.1, -0.05) is 0 Å². The highest BCUT2D eigenvalue weighted by Gasteiger charge is 2.33. The van der Waals surface area contributed by atoms with E-state index in [0.29, 0.717) is 13.1 Å². The fraction of sp³-hybridized carbons (Fsp3) is 0.684. The van der Waals surface area contributed by atoms with Crippen molar-refractivity contribution >= 4 is 17.8 Å². The number of piperazine rings is 1. The quantitative estimate of drug-likeness (QED) is 0.880. The molecule has 1 saturated heterocycles. The second kappa shape index (κ2) is 8.47. The first-order chi connectivity index (χ1) is 12.5. The van der Waals surface area contributed by atoms with Crippen LogP contribution in [0.15, 0.2) is 18.5 Å². The van der Waals surface area contributed by atoms with Gasteiger partial charge in [0.1, 0.15) is 0 Å². The number of hydrogen-bond acceptors (Lipinski definition) is 5. The summed E-state index contributed by atoms with van der Waals surface area (Å²) in [6.07, 6.45) is 6.75. The van der Waals surface area contributed by atoms with Gasteiger partial charge >= 0.3 is 0 Å². The monoisotopic (exact) mass is 359 g/mol. The molecule has 2 aliphatic rings. The van der Waals surface area contributed by atoms with Gasteiger partial charge in [0, 0.05) is 56.5 Å². The van der Waals surface area contributed by atoms with E-state index in [2.05, 4.69) is 20.2 Å². The van der Waals surface area contributed by atoms with Crippen molar-refractivity contribution in [2.75, 3.05) is 31.1 Å². The SMILES string of the molecule is CC(C)NC(=O)C1CCC(C(=O)N2CCN(c3ncccn3)CC2)CC1. The summed E-state index contributed by atoms with van der Waals surface area (Å²) < 4.78 is 0. The molecule has 0 bridgehead atoms. The van der Waals surface area contributed by atoms with E-state index in [0.717, 1.165) is 44.7 Å². The van der Waals surface area contributed by atoms with E-state index in [1.54, 1.807) is 18.5 Å². The molecule has 1 aliphatic carbocycles. The van der Waals surface area contributed by atoms with Crippen molar-refractivity contribution < 1.29 is 9.59 Å². The standard InChI is InChI=1S/C19H29N5O2/c1-14(2)22-17(25)15-4-6-16(7-5-15)18(26)23-10-12-24(13-11-23)19-20-8-3-9-21-19/h3,8-9,14-16H,4-7,10-13H2,1-2H3,(H,22,25). The molecule has 0 aromatic carbocycles. The van der Waals surface area contributed by atoms with Crippen LogP contribution in [0.3, 0.4) is 0 Å². The van der Waals surface area contributed by atoms with Crippen LogP contribution in [0.2, 0.25) is 0 Å². The molecule has 1 N–H and O–H groups in total. The Kier molecular flexibility index (Phi) is 6.06. The molecule has 1 aromatic heterocycles. The molecule has 1 aromatic rings. The summed E-state index contributed by atoms with van der Waals surface area (Å²) in [5.74, 6) is 1.26. The number of rotatable bonds is 4. The molecular weight excluding hydrogens is 330 g/mol. The first-order valence-corrected chi connectivity index (χ1v) is 9.65. The molecule has 26 heavy (non-hydrogen) atoms.